The largest absolute Gasteiger partial charge is 0.445 e. The first-order valence-corrected chi connectivity index (χ1v) is 9.80. The van der Waals surface area contributed by atoms with E-state index < -0.39 is 0 Å². The quantitative estimate of drug-likeness (QED) is 0.875. The van der Waals surface area contributed by atoms with Gasteiger partial charge in [-0.2, -0.15) is 0 Å². The van der Waals surface area contributed by atoms with Crippen LogP contribution in [0.5, 0.6) is 0 Å². The van der Waals surface area contributed by atoms with Crippen molar-refractivity contribution in [1.29, 1.82) is 0 Å². The standard InChI is InChI=1S/C21H27N3O2/c25-21(26-15-16-6-2-1-3-7-16)24-12-10-17(11-13-24)19-14-22-20(23-19)18-8-4-5-9-18/h1-3,6-7,14,17-18H,4-5,8-13,15H2,(H,22,23). The lowest BCUT2D eigenvalue weighted by molar-refractivity contribution is 0.0868. The first kappa shape index (κ1) is 17.1. The summed E-state index contributed by atoms with van der Waals surface area (Å²) in [6.07, 6.45) is 8.91. The summed E-state index contributed by atoms with van der Waals surface area (Å²) >= 11 is 0. The zero-order chi connectivity index (χ0) is 17.8. The number of likely N-dealkylation sites (tertiary alicyclic amines) is 1. The Kier molecular flexibility index (Phi) is 5.23. The lowest BCUT2D eigenvalue weighted by atomic mass is 9.94. The summed E-state index contributed by atoms with van der Waals surface area (Å²) in [5, 5.41) is 0. The highest BCUT2D eigenvalue weighted by molar-refractivity contribution is 5.67. The fourth-order valence-electron chi connectivity index (χ4n) is 4.15. The first-order chi connectivity index (χ1) is 12.8. The summed E-state index contributed by atoms with van der Waals surface area (Å²) in [5.41, 5.74) is 2.26. The van der Waals surface area contributed by atoms with Crippen LogP contribution in [0.25, 0.3) is 0 Å². The maximum Gasteiger partial charge on any atom is 0.410 e. The summed E-state index contributed by atoms with van der Waals surface area (Å²) in [7, 11) is 0. The van der Waals surface area contributed by atoms with Crippen LogP contribution < -0.4 is 0 Å². The van der Waals surface area contributed by atoms with Gasteiger partial charge in [0.2, 0.25) is 0 Å². The Morgan fingerprint density at radius 2 is 1.81 bits per heavy atom. The predicted octanol–water partition coefficient (Wildman–Crippen LogP) is 4.58. The number of H-pyrrole nitrogens is 1. The summed E-state index contributed by atoms with van der Waals surface area (Å²) in [4.78, 5) is 22.3. The van der Waals surface area contributed by atoms with Gasteiger partial charge in [0.15, 0.2) is 0 Å². The van der Waals surface area contributed by atoms with Gasteiger partial charge in [0, 0.05) is 36.8 Å². The van der Waals surface area contributed by atoms with E-state index in [1.165, 1.54) is 37.2 Å². The number of amides is 1. The molecule has 1 N–H and O–H groups in total. The Hall–Kier alpha value is -2.30. The van der Waals surface area contributed by atoms with Gasteiger partial charge >= 0.3 is 6.09 Å². The summed E-state index contributed by atoms with van der Waals surface area (Å²) < 4.78 is 5.45. The number of hydrogen-bond acceptors (Lipinski definition) is 3. The monoisotopic (exact) mass is 353 g/mol. The zero-order valence-electron chi connectivity index (χ0n) is 15.2. The third-order valence-electron chi connectivity index (χ3n) is 5.76. The van der Waals surface area contributed by atoms with E-state index in [4.69, 9.17) is 4.74 Å². The van der Waals surface area contributed by atoms with Crippen molar-refractivity contribution in [2.75, 3.05) is 13.1 Å². The van der Waals surface area contributed by atoms with Gasteiger partial charge in [-0.05, 0) is 31.2 Å². The van der Waals surface area contributed by atoms with E-state index in [1.54, 1.807) is 0 Å². The second kappa shape index (κ2) is 7.94. The Balaban J connectivity index is 1.26. The Morgan fingerprint density at radius 1 is 1.08 bits per heavy atom. The van der Waals surface area contributed by atoms with Crippen LogP contribution in [-0.4, -0.2) is 34.1 Å². The van der Waals surface area contributed by atoms with Crippen molar-refractivity contribution in [3.63, 3.8) is 0 Å². The third-order valence-corrected chi connectivity index (χ3v) is 5.76. The summed E-state index contributed by atoms with van der Waals surface area (Å²) in [6.45, 7) is 1.83. The highest BCUT2D eigenvalue weighted by Gasteiger charge is 2.27. The second-order valence-corrected chi connectivity index (χ2v) is 7.51. The minimum absolute atomic E-state index is 0.205. The molecule has 0 spiro atoms. The molecule has 26 heavy (non-hydrogen) atoms. The van der Waals surface area contributed by atoms with Gasteiger partial charge in [-0.1, -0.05) is 43.2 Å². The fraction of sp³-hybridized carbons (Fsp3) is 0.524. The van der Waals surface area contributed by atoms with E-state index in [1.807, 2.05) is 41.4 Å². The number of ether oxygens (including phenoxy) is 1. The lowest BCUT2D eigenvalue weighted by Crippen LogP contribution is -2.38. The number of benzene rings is 1. The Morgan fingerprint density at radius 3 is 2.54 bits per heavy atom. The van der Waals surface area contributed by atoms with Gasteiger partial charge in [-0.15, -0.1) is 0 Å². The molecule has 138 valence electrons. The molecule has 0 bridgehead atoms. The smallest absolute Gasteiger partial charge is 0.410 e. The molecular formula is C21H27N3O2. The number of piperidine rings is 1. The molecule has 0 radical (unpaired) electrons. The molecule has 4 rings (SSSR count). The van der Waals surface area contributed by atoms with Gasteiger partial charge < -0.3 is 14.6 Å². The van der Waals surface area contributed by atoms with Crippen LogP contribution in [0.15, 0.2) is 36.5 Å². The highest BCUT2D eigenvalue weighted by atomic mass is 16.6. The molecule has 2 aliphatic rings. The number of carbonyl (C=O) groups is 1. The minimum atomic E-state index is -0.205. The van der Waals surface area contributed by atoms with E-state index >= 15 is 0 Å². The van der Waals surface area contributed by atoms with E-state index in [-0.39, 0.29) is 6.09 Å². The molecule has 2 aromatic rings. The normalized spacial score (nSPS) is 19.0. The van der Waals surface area contributed by atoms with Crippen LogP contribution in [0.3, 0.4) is 0 Å². The Bertz CT molecular complexity index is 714. The minimum Gasteiger partial charge on any atom is -0.445 e. The molecule has 1 amide bonds. The van der Waals surface area contributed by atoms with E-state index in [0.29, 0.717) is 18.4 Å². The molecule has 2 heterocycles. The maximum absolute atomic E-state index is 12.3. The number of nitrogens with one attached hydrogen (secondary N) is 1. The average Bonchev–Trinajstić information content (AvgIpc) is 3.38. The summed E-state index contributed by atoms with van der Waals surface area (Å²) in [6, 6.07) is 9.82. The zero-order valence-corrected chi connectivity index (χ0v) is 15.2. The van der Waals surface area contributed by atoms with Crippen LogP contribution in [0.1, 0.15) is 67.4 Å². The number of nitrogens with zero attached hydrogens (tertiary/aromatic N) is 2. The van der Waals surface area contributed by atoms with Gasteiger partial charge in [0.25, 0.3) is 0 Å². The van der Waals surface area contributed by atoms with Crippen LogP contribution in [0.2, 0.25) is 0 Å². The van der Waals surface area contributed by atoms with Crippen LogP contribution in [-0.2, 0) is 11.3 Å². The number of aromatic nitrogens is 2. The molecule has 5 heteroatoms. The van der Waals surface area contributed by atoms with Crippen LogP contribution in [0.4, 0.5) is 4.79 Å². The van der Waals surface area contributed by atoms with Crippen molar-refractivity contribution >= 4 is 6.09 Å². The van der Waals surface area contributed by atoms with E-state index in [2.05, 4.69) is 9.97 Å². The van der Waals surface area contributed by atoms with E-state index in [0.717, 1.165) is 31.5 Å². The topological polar surface area (TPSA) is 58.2 Å². The molecule has 1 aliphatic heterocycles. The van der Waals surface area contributed by atoms with Gasteiger partial charge in [-0.3, -0.25) is 0 Å². The van der Waals surface area contributed by atoms with Crippen molar-refractivity contribution < 1.29 is 9.53 Å². The van der Waals surface area contributed by atoms with Crippen molar-refractivity contribution in [1.82, 2.24) is 14.9 Å². The van der Waals surface area contributed by atoms with Crippen molar-refractivity contribution in [2.45, 2.75) is 57.0 Å². The molecule has 0 atom stereocenters. The predicted molar refractivity (Wildman–Crippen MR) is 100.0 cm³/mol. The SMILES string of the molecule is O=C(OCc1ccccc1)N1CCC(c2cnc(C3CCCC3)[nH]2)CC1. The molecule has 2 fully saturated rings. The van der Waals surface area contributed by atoms with E-state index in [9.17, 15) is 4.79 Å². The van der Waals surface area contributed by atoms with Crippen molar-refractivity contribution in [3.8, 4) is 0 Å². The molecular weight excluding hydrogens is 326 g/mol. The van der Waals surface area contributed by atoms with Gasteiger partial charge in [0.1, 0.15) is 12.4 Å². The molecule has 1 saturated carbocycles. The van der Waals surface area contributed by atoms with Crippen molar-refractivity contribution in [2.24, 2.45) is 0 Å². The number of hydrogen-bond donors (Lipinski definition) is 1. The second-order valence-electron chi connectivity index (χ2n) is 7.51. The lowest BCUT2D eigenvalue weighted by Gasteiger charge is -2.30. The summed E-state index contributed by atoms with van der Waals surface area (Å²) in [5.74, 6) is 2.26. The fourth-order valence-corrected chi connectivity index (χ4v) is 4.15. The molecule has 1 saturated heterocycles. The average molecular weight is 353 g/mol. The number of rotatable bonds is 4. The van der Waals surface area contributed by atoms with Gasteiger partial charge in [0.05, 0.1) is 0 Å². The van der Waals surface area contributed by atoms with Crippen molar-refractivity contribution in [3.05, 3.63) is 53.6 Å². The molecule has 1 aliphatic carbocycles. The van der Waals surface area contributed by atoms with Crippen LogP contribution in [0, 0.1) is 0 Å². The number of aromatic amines is 1. The Labute approximate surface area is 154 Å². The number of carbonyl (C=O) groups excluding carboxylic acids is 1. The van der Waals surface area contributed by atoms with Crippen LogP contribution >= 0.6 is 0 Å². The number of imidazole rings is 1. The third kappa shape index (κ3) is 3.92. The molecule has 5 nitrogen and oxygen atoms in total. The molecule has 0 unspecified atom stereocenters. The first-order valence-electron chi connectivity index (χ1n) is 9.80. The highest BCUT2D eigenvalue weighted by Crippen LogP contribution is 2.34. The van der Waals surface area contributed by atoms with Gasteiger partial charge in [-0.25, -0.2) is 9.78 Å². The maximum atomic E-state index is 12.3. The molecule has 1 aromatic carbocycles. The molecule has 1 aromatic heterocycles.